The number of dihydropyridines is 1. The smallest absolute Gasteiger partial charge is 0.0424 e. The SMILES string of the molecule is C=c1cccc/c1=C(C(/C=C\C)=C(/C)Cc1ccc(CC)cc1)\c1cccc2c(-c3ccc(C4=CCCN=C4)cc3)cccc12. The van der Waals surface area contributed by atoms with E-state index in [2.05, 4.69) is 160 Å². The van der Waals surface area contributed by atoms with Crippen LogP contribution in [0.1, 0.15) is 49.4 Å². The van der Waals surface area contributed by atoms with Gasteiger partial charge in [-0.3, -0.25) is 4.99 Å². The lowest BCUT2D eigenvalue weighted by Crippen LogP contribution is -2.26. The Kier molecular flexibility index (Phi) is 9.17. The summed E-state index contributed by atoms with van der Waals surface area (Å²) in [5, 5.41) is 4.67. The predicted molar refractivity (Wildman–Crippen MR) is 196 cm³/mol. The van der Waals surface area contributed by atoms with E-state index < -0.39 is 0 Å². The van der Waals surface area contributed by atoms with Crippen LogP contribution in [0.25, 0.3) is 39.6 Å². The van der Waals surface area contributed by atoms with Crippen LogP contribution in [0.15, 0.2) is 144 Å². The standard InChI is InChI=1S/C44H41N/c1-5-12-38(32(4)29-34-22-20-33(6-2)21-23-34)44(39-15-8-7-13-31(39)3)43-19-10-17-41-40(16-9-18-42(41)43)36-26-24-35(25-27-36)37-14-11-28-45-30-37/h5,7-10,12-27,30H,3,6,11,28-29H2,1-2,4H3/b12-5-,38-32-,44-39+. The Morgan fingerprint density at radius 1 is 0.778 bits per heavy atom. The summed E-state index contributed by atoms with van der Waals surface area (Å²) in [5.41, 5.74) is 12.6. The van der Waals surface area contributed by atoms with Crippen LogP contribution in [0.3, 0.4) is 0 Å². The van der Waals surface area contributed by atoms with E-state index in [0.717, 1.165) is 36.2 Å². The Morgan fingerprint density at radius 3 is 2.20 bits per heavy atom. The van der Waals surface area contributed by atoms with Crippen LogP contribution in [-0.2, 0) is 12.8 Å². The molecule has 0 fully saturated rings. The van der Waals surface area contributed by atoms with Gasteiger partial charge in [-0.15, -0.1) is 0 Å². The normalized spacial score (nSPS) is 14.4. The molecule has 0 unspecified atom stereocenters. The number of fused-ring (bicyclic) bond motifs is 1. The Bertz CT molecular complexity index is 2070. The molecule has 0 aromatic heterocycles. The molecule has 0 aliphatic carbocycles. The van der Waals surface area contributed by atoms with Gasteiger partial charge >= 0.3 is 0 Å². The predicted octanol–water partition coefficient (Wildman–Crippen LogP) is 9.67. The molecule has 0 saturated carbocycles. The second-order valence-electron chi connectivity index (χ2n) is 11.8. The van der Waals surface area contributed by atoms with E-state index in [1.165, 1.54) is 66.4 Å². The van der Waals surface area contributed by atoms with Crippen LogP contribution in [0.4, 0.5) is 0 Å². The summed E-state index contributed by atoms with van der Waals surface area (Å²) in [7, 11) is 0. The molecule has 222 valence electrons. The number of aliphatic imine (C=N–C) groups is 1. The molecule has 0 amide bonds. The fraction of sp³-hybridized carbons (Fsp3) is 0.159. The summed E-state index contributed by atoms with van der Waals surface area (Å²) in [5.74, 6) is 0. The zero-order valence-corrected chi connectivity index (χ0v) is 26.7. The number of hydrogen-bond donors (Lipinski definition) is 0. The minimum absolute atomic E-state index is 0.883. The molecule has 0 spiro atoms. The molecule has 0 saturated heterocycles. The minimum Gasteiger partial charge on any atom is -0.292 e. The molecule has 1 heterocycles. The van der Waals surface area contributed by atoms with Gasteiger partial charge in [0.2, 0.25) is 0 Å². The molecule has 5 aromatic rings. The fourth-order valence-electron chi connectivity index (χ4n) is 6.42. The van der Waals surface area contributed by atoms with Crippen molar-refractivity contribution in [3.8, 4) is 11.1 Å². The molecule has 0 atom stereocenters. The average Bonchev–Trinajstić information content (AvgIpc) is 3.09. The molecular weight excluding hydrogens is 542 g/mol. The van der Waals surface area contributed by atoms with Gasteiger partial charge in [0.05, 0.1) is 0 Å². The zero-order chi connectivity index (χ0) is 31.2. The summed E-state index contributed by atoms with van der Waals surface area (Å²) in [6.45, 7) is 12.0. The van der Waals surface area contributed by atoms with E-state index in [9.17, 15) is 0 Å². The van der Waals surface area contributed by atoms with Gasteiger partial charge in [-0.2, -0.15) is 0 Å². The fourth-order valence-corrected chi connectivity index (χ4v) is 6.42. The van der Waals surface area contributed by atoms with Gasteiger partial charge < -0.3 is 0 Å². The van der Waals surface area contributed by atoms with E-state index in [4.69, 9.17) is 0 Å². The van der Waals surface area contributed by atoms with Crippen molar-refractivity contribution in [2.75, 3.05) is 6.54 Å². The highest BCUT2D eigenvalue weighted by Gasteiger charge is 2.16. The zero-order valence-electron chi connectivity index (χ0n) is 26.7. The van der Waals surface area contributed by atoms with Crippen LogP contribution in [-0.4, -0.2) is 12.8 Å². The van der Waals surface area contributed by atoms with Crippen molar-refractivity contribution in [1.29, 1.82) is 0 Å². The lowest BCUT2D eigenvalue weighted by atomic mass is 9.85. The molecule has 1 aliphatic heterocycles. The summed E-state index contributed by atoms with van der Waals surface area (Å²) >= 11 is 0. The van der Waals surface area contributed by atoms with Crippen molar-refractivity contribution in [3.63, 3.8) is 0 Å². The molecular formula is C44H41N. The van der Waals surface area contributed by atoms with E-state index in [0.29, 0.717) is 0 Å². The number of hydrogen-bond acceptors (Lipinski definition) is 1. The minimum atomic E-state index is 0.883. The van der Waals surface area contributed by atoms with Crippen molar-refractivity contribution in [3.05, 3.63) is 171 Å². The molecule has 0 bridgehead atoms. The molecule has 0 N–H and O–H groups in total. The van der Waals surface area contributed by atoms with Gasteiger partial charge in [-0.1, -0.05) is 146 Å². The maximum absolute atomic E-state index is 4.48. The van der Waals surface area contributed by atoms with E-state index in [1.807, 2.05) is 6.21 Å². The maximum atomic E-state index is 4.48. The van der Waals surface area contributed by atoms with Gasteiger partial charge in [0.1, 0.15) is 0 Å². The van der Waals surface area contributed by atoms with Crippen LogP contribution in [0.5, 0.6) is 0 Å². The number of rotatable bonds is 8. The number of allylic oxidation sites excluding steroid dienone is 5. The van der Waals surface area contributed by atoms with Crippen molar-refractivity contribution in [1.82, 2.24) is 0 Å². The van der Waals surface area contributed by atoms with Crippen molar-refractivity contribution in [2.45, 2.75) is 40.0 Å². The lowest BCUT2D eigenvalue weighted by molar-refractivity contribution is 1.01. The second kappa shape index (κ2) is 13.7. The third-order valence-electron chi connectivity index (χ3n) is 8.82. The van der Waals surface area contributed by atoms with E-state index in [1.54, 1.807) is 0 Å². The van der Waals surface area contributed by atoms with Crippen molar-refractivity contribution in [2.24, 2.45) is 4.99 Å². The number of nitrogens with zero attached hydrogens (tertiary/aromatic N) is 1. The first kappa shape index (κ1) is 30.0. The first-order valence-corrected chi connectivity index (χ1v) is 16.1. The molecule has 6 rings (SSSR count). The van der Waals surface area contributed by atoms with Gasteiger partial charge in [-0.05, 0) is 104 Å². The van der Waals surface area contributed by atoms with Crippen molar-refractivity contribution >= 4 is 34.7 Å². The quantitative estimate of drug-likeness (QED) is 0.161. The molecule has 1 nitrogen and oxygen atoms in total. The third-order valence-corrected chi connectivity index (χ3v) is 8.82. The van der Waals surface area contributed by atoms with Crippen LogP contribution >= 0.6 is 0 Å². The third kappa shape index (κ3) is 6.44. The highest BCUT2D eigenvalue weighted by molar-refractivity contribution is 6.10. The summed E-state index contributed by atoms with van der Waals surface area (Å²) in [4.78, 5) is 4.47. The van der Waals surface area contributed by atoms with E-state index in [-0.39, 0.29) is 0 Å². The largest absolute Gasteiger partial charge is 0.292 e. The van der Waals surface area contributed by atoms with Crippen LogP contribution < -0.4 is 10.4 Å². The molecule has 5 aromatic carbocycles. The monoisotopic (exact) mass is 583 g/mol. The van der Waals surface area contributed by atoms with Gasteiger partial charge in [-0.25, -0.2) is 0 Å². The first-order valence-electron chi connectivity index (χ1n) is 16.1. The molecule has 1 aliphatic rings. The summed E-state index contributed by atoms with van der Waals surface area (Å²) in [6.07, 6.45) is 11.7. The Hall–Kier alpha value is -5.01. The Balaban J connectivity index is 1.53. The summed E-state index contributed by atoms with van der Waals surface area (Å²) in [6, 6.07) is 40.0. The van der Waals surface area contributed by atoms with Crippen LogP contribution in [0.2, 0.25) is 0 Å². The molecule has 1 heteroatoms. The van der Waals surface area contributed by atoms with Crippen LogP contribution in [0, 0.1) is 0 Å². The Labute approximate surface area is 268 Å². The topological polar surface area (TPSA) is 12.4 Å². The van der Waals surface area contributed by atoms with Crippen molar-refractivity contribution < 1.29 is 0 Å². The Morgan fingerprint density at radius 2 is 1.49 bits per heavy atom. The molecule has 0 radical (unpaired) electrons. The van der Waals surface area contributed by atoms with Gasteiger partial charge in [0, 0.05) is 12.8 Å². The number of benzene rings is 5. The molecule has 45 heavy (non-hydrogen) atoms. The highest BCUT2D eigenvalue weighted by Crippen LogP contribution is 2.36. The average molecular weight is 584 g/mol. The second-order valence-corrected chi connectivity index (χ2v) is 11.8. The van der Waals surface area contributed by atoms with Gasteiger partial charge in [0.15, 0.2) is 0 Å². The summed E-state index contributed by atoms with van der Waals surface area (Å²) < 4.78 is 0. The first-order chi connectivity index (χ1) is 22.1. The number of aryl methyl sites for hydroxylation is 1. The van der Waals surface area contributed by atoms with Gasteiger partial charge in [0.25, 0.3) is 0 Å². The van der Waals surface area contributed by atoms with E-state index >= 15 is 0 Å². The lowest BCUT2D eigenvalue weighted by Gasteiger charge is -2.18. The maximum Gasteiger partial charge on any atom is 0.0424 e. The highest BCUT2D eigenvalue weighted by atomic mass is 14.7.